The number of carbonyl (C=O) groups excluding carboxylic acids is 2. The lowest BCUT2D eigenvalue weighted by Gasteiger charge is -2.19. The maximum absolute atomic E-state index is 12.9. The second-order valence-corrected chi connectivity index (χ2v) is 5.73. The van der Waals surface area contributed by atoms with Gasteiger partial charge in [0.25, 0.3) is 5.91 Å². The predicted molar refractivity (Wildman–Crippen MR) is 87.3 cm³/mol. The fourth-order valence-electron chi connectivity index (χ4n) is 2.27. The highest BCUT2D eigenvalue weighted by atomic mass is 19.1. The van der Waals surface area contributed by atoms with E-state index in [9.17, 15) is 14.0 Å². The van der Waals surface area contributed by atoms with Gasteiger partial charge in [-0.1, -0.05) is 30.3 Å². The first-order chi connectivity index (χ1) is 11.6. The Hall–Kier alpha value is -2.73. The third-order valence-electron chi connectivity index (χ3n) is 3.76. The monoisotopic (exact) mass is 327 g/mol. The van der Waals surface area contributed by atoms with Crippen LogP contribution in [0.15, 0.2) is 54.6 Å². The van der Waals surface area contributed by atoms with Crippen LogP contribution >= 0.6 is 0 Å². The molecule has 0 aliphatic heterocycles. The summed E-state index contributed by atoms with van der Waals surface area (Å²) in [6.45, 7) is 0. The van der Waals surface area contributed by atoms with Gasteiger partial charge in [-0.15, -0.1) is 0 Å². The summed E-state index contributed by atoms with van der Waals surface area (Å²) in [5.74, 6) is -1.04. The van der Waals surface area contributed by atoms with Gasteiger partial charge in [0.15, 0.2) is 0 Å². The number of rotatable bonds is 6. The van der Waals surface area contributed by atoms with Gasteiger partial charge in [-0.25, -0.2) is 9.82 Å². The largest absolute Gasteiger partial charge is 0.352 e. The summed E-state index contributed by atoms with van der Waals surface area (Å²) >= 11 is 0. The van der Waals surface area contributed by atoms with Crippen molar-refractivity contribution in [1.29, 1.82) is 0 Å². The smallest absolute Gasteiger partial charge is 0.265 e. The van der Waals surface area contributed by atoms with Crippen molar-refractivity contribution < 1.29 is 14.0 Å². The molecule has 2 aromatic carbocycles. The molecule has 2 amide bonds. The van der Waals surface area contributed by atoms with E-state index >= 15 is 0 Å². The Morgan fingerprint density at radius 2 is 1.67 bits per heavy atom. The number of halogens is 1. The molecule has 0 saturated heterocycles. The first-order valence-electron chi connectivity index (χ1n) is 7.80. The maximum atomic E-state index is 12.9. The molecule has 3 N–H and O–H groups in total. The minimum absolute atomic E-state index is 0.192. The number of carbonyl (C=O) groups is 2. The van der Waals surface area contributed by atoms with Gasteiger partial charge in [0.05, 0.1) is 0 Å². The summed E-state index contributed by atoms with van der Waals surface area (Å²) in [6, 6.07) is 13.9. The van der Waals surface area contributed by atoms with Gasteiger partial charge < -0.3 is 5.32 Å². The molecular weight excluding hydrogens is 309 g/mol. The second kappa shape index (κ2) is 7.23. The highest BCUT2D eigenvalue weighted by Crippen LogP contribution is 2.21. The molecule has 1 fully saturated rings. The molecule has 24 heavy (non-hydrogen) atoms. The van der Waals surface area contributed by atoms with Gasteiger partial charge in [0, 0.05) is 11.6 Å². The van der Waals surface area contributed by atoms with Crippen LogP contribution in [0.1, 0.15) is 34.8 Å². The lowest BCUT2D eigenvalue weighted by molar-refractivity contribution is -0.123. The number of amides is 2. The molecule has 1 saturated carbocycles. The minimum atomic E-state index is -0.698. The van der Waals surface area contributed by atoms with Crippen LogP contribution in [0, 0.1) is 5.82 Å². The number of nitrogens with one attached hydrogen (secondary N) is 3. The molecule has 0 radical (unpaired) electrons. The Bertz CT molecular complexity index is 715. The second-order valence-electron chi connectivity index (χ2n) is 5.73. The highest BCUT2D eigenvalue weighted by Gasteiger charge is 2.28. The zero-order valence-electron chi connectivity index (χ0n) is 13.0. The fourth-order valence-corrected chi connectivity index (χ4v) is 2.27. The van der Waals surface area contributed by atoms with Crippen LogP contribution in [0.2, 0.25) is 0 Å². The Kier molecular flexibility index (Phi) is 4.86. The molecule has 0 heterocycles. The van der Waals surface area contributed by atoms with Gasteiger partial charge in [0.2, 0.25) is 5.91 Å². The van der Waals surface area contributed by atoms with E-state index in [-0.39, 0.29) is 11.9 Å². The summed E-state index contributed by atoms with van der Waals surface area (Å²) < 4.78 is 12.9. The van der Waals surface area contributed by atoms with Crippen molar-refractivity contribution in [2.75, 3.05) is 0 Å². The molecule has 3 rings (SSSR count). The maximum Gasteiger partial charge on any atom is 0.265 e. The van der Waals surface area contributed by atoms with E-state index in [1.807, 2.05) is 30.3 Å². The molecule has 5 nitrogen and oxygen atoms in total. The minimum Gasteiger partial charge on any atom is -0.352 e. The zero-order valence-corrected chi connectivity index (χ0v) is 13.0. The topological polar surface area (TPSA) is 70.2 Å². The van der Waals surface area contributed by atoms with Crippen molar-refractivity contribution in [1.82, 2.24) is 16.2 Å². The SMILES string of the molecule is O=C(NN[C@@H](C(=O)NC1CC1)c1ccccc1)c1ccc(F)cc1. The Balaban J connectivity index is 1.68. The van der Waals surface area contributed by atoms with E-state index in [2.05, 4.69) is 16.2 Å². The van der Waals surface area contributed by atoms with Gasteiger partial charge in [-0.05, 0) is 42.7 Å². The molecule has 0 unspecified atom stereocenters. The summed E-state index contributed by atoms with van der Waals surface area (Å²) in [6.07, 6.45) is 1.96. The van der Waals surface area contributed by atoms with E-state index in [1.165, 1.54) is 24.3 Å². The molecule has 1 aliphatic rings. The molecule has 6 heteroatoms. The number of hydrogen-bond acceptors (Lipinski definition) is 3. The van der Waals surface area contributed by atoms with E-state index < -0.39 is 17.8 Å². The van der Waals surface area contributed by atoms with Crippen LogP contribution < -0.4 is 16.2 Å². The van der Waals surface area contributed by atoms with Crippen molar-refractivity contribution in [3.63, 3.8) is 0 Å². The van der Waals surface area contributed by atoms with E-state index in [4.69, 9.17) is 0 Å². The molecule has 1 atom stereocenters. The van der Waals surface area contributed by atoms with Crippen LogP contribution in [0.25, 0.3) is 0 Å². The lowest BCUT2D eigenvalue weighted by atomic mass is 10.1. The molecule has 124 valence electrons. The predicted octanol–water partition coefficient (Wildman–Crippen LogP) is 2.08. The normalized spacial score (nSPS) is 14.7. The fraction of sp³-hybridized carbons (Fsp3) is 0.222. The standard InChI is InChI=1S/C18H18FN3O2/c19-14-8-6-13(7-9-14)17(23)22-21-16(12-4-2-1-3-5-12)18(24)20-15-10-11-15/h1-9,15-16,21H,10-11H2,(H,20,24)(H,22,23)/t16-/m1/s1. The van der Waals surface area contributed by atoms with Crippen molar-refractivity contribution in [2.24, 2.45) is 0 Å². The molecule has 1 aliphatic carbocycles. The molecular formula is C18H18FN3O2. The number of hydrazine groups is 1. The van der Waals surface area contributed by atoms with Gasteiger partial charge in [-0.3, -0.25) is 15.0 Å². The summed E-state index contributed by atoms with van der Waals surface area (Å²) in [7, 11) is 0. The average Bonchev–Trinajstić information content (AvgIpc) is 3.40. The molecule has 0 aromatic heterocycles. The van der Waals surface area contributed by atoms with Crippen LogP contribution in [-0.2, 0) is 4.79 Å². The van der Waals surface area contributed by atoms with Gasteiger partial charge in [0.1, 0.15) is 11.9 Å². The van der Waals surface area contributed by atoms with Crippen LogP contribution in [0.4, 0.5) is 4.39 Å². The van der Waals surface area contributed by atoms with Crippen LogP contribution in [0.3, 0.4) is 0 Å². The molecule has 2 aromatic rings. The molecule has 0 spiro atoms. The van der Waals surface area contributed by atoms with Crippen molar-refractivity contribution >= 4 is 11.8 Å². The van der Waals surface area contributed by atoms with Crippen molar-refractivity contribution in [2.45, 2.75) is 24.9 Å². The van der Waals surface area contributed by atoms with Crippen molar-refractivity contribution in [3.8, 4) is 0 Å². The summed E-state index contributed by atoms with van der Waals surface area (Å²) in [4.78, 5) is 24.5. The average molecular weight is 327 g/mol. The third kappa shape index (κ3) is 4.17. The van der Waals surface area contributed by atoms with E-state index in [0.717, 1.165) is 18.4 Å². The first-order valence-corrected chi connectivity index (χ1v) is 7.80. The van der Waals surface area contributed by atoms with Crippen molar-refractivity contribution in [3.05, 3.63) is 71.5 Å². The Morgan fingerprint density at radius 3 is 2.29 bits per heavy atom. The Labute approximate surface area is 139 Å². The van der Waals surface area contributed by atoms with E-state index in [0.29, 0.717) is 5.56 Å². The summed E-state index contributed by atoms with van der Waals surface area (Å²) in [5, 5.41) is 2.92. The Morgan fingerprint density at radius 1 is 1.00 bits per heavy atom. The lowest BCUT2D eigenvalue weighted by Crippen LogP contribution is -2.46. The third-order valence-corrected chi connectivity index (χ3v) is 3.76. The van der Waals surface area contributed by atoms with Crippen LogP contribution in [0.5, 0.6) is 0 Å². The highest BCUT2D eigenvalue weighted by molar-refractivity contribution is 5.94. The van der Waals surface area contributed by atoms with Crippen LogP contribution in [-0.4, -0.2) is 17.9 Å². The molecule has 0 bridgehead atoms. The van der Waals surface area contributed by atoms with Gasteiger partial charge >= 0.3 is 0 Å². The summed E-state index contributed by atoms with van der Waals surface area (Å²) in [5.41, 5.74) is 6.35. The number of hydrogen-bond donors (Lipinski definition) is 3. The van der Waals surface area contributed by atoms with Gasteiger partial charge in [-0.2, -0.15) is 0 Å². The quantitative estimate of drug-likeness (QED) is 0.712. The first kappa shape index (κ1) is 16.1. The zero-order chi connectivity index (χ0) is 16.9. The number of benzene rings is 2. The van der Waals surface area contributed by atoms with E-state index in [1.54, 1.807) is 0 Å².